The zero-order valence-corrected chi connectivity index (χ0v) is 32.6. The van der Waals surface area contributed by atoms with E-state index in [-0.39, 0.29) is 68.0 Å². The molecule has 2 saturated heterocycles. The summed E-state index contributed by atoms with van der Waals surface area (Å²) < 4.78 is 57.4. The normalized spacial score (nSPS) is 15.5. The maximum Gasteiger partial charge on any atom is 0.418 e. The van der Waals surface area contributed by atoms with Crippen LogP contribution in [0.3, 0.4) is 0 Å². The molecule has 5 rings (SSSR count). The van der Waals surface area contributed by atoms with Crippen LogP contribution in [0.25, 0.3) is 0 Å². The Morgan fingerprint density at radius 1 is 1.04 bits per heavy atom. The van der Waals surface area contributed by atoms with E-state index < -0.39 is 41.5 Å². The van der Waals surface area contributed by atoms with Crippen LogP contribution in [0.2, 0.25) is 5.02 Å². The molecule has 2 aromatic carbocycles. The SMILES string of the molecule is CNc1ccccc1CCN(C=O)C1CCN(C(=O)O[C@H](Cc2cc(Cl)c(N)c(C(F)(F)F)c2)C(=O)N2CCN(c3ccc(C(=O)OCCOC)cn3)CC2)CC1. The highest BCUT2D eigenvalue weighted by Crippen LogP contribution is 2.38. The Balaban J connectivity index is 1.24. The van der Waals surface area contributed by atoms with Crippen LogP contribution in [0.4, 0.5) is 35.2 Å². The molecule has 0 aliphatic carbocycles. The maximum absolute atomic E-state index is 14.0. The fraction of sp³-hybridized carbons (Fsp3) is 0.462. The summed E-state index contributed by atoms with van der Waals surface area (Å²) in [6, 6.07) is 13.0. The molecule has 1 aromatic heterocycles. The molecular weight excluding hydrogens is 771 g/mol. The molecule has 0 bridgehead atoms. The first-order valence-electron chi connectivity index (χ1n) is 18.6. The Kier molecular flexibility index (Phi) is 14.8. The van der Waals surface area contributed by atoms with Gasteiger partial charge in [0, 0.05) is 84.3 Å². The second kappa shape index (κ2) is 19.7. The van der Waals surface area contributed by atoms with Crippen LogP contribution in [0.5, 0.6) is 0 Å². The summed E-state index contributed by atoms with van der Waals surface area (Å²) in [5.74, 6) is -0.564. The van der Waals surface area contributed by atoms with E-state index in [4.69, 9.17) is 31.5 Å². The third kappa shape index (κ3) is 11.2. The first-order chi connectivity index (χ1) is 27.3. The Bertz CT molecular complexity index is 1850. The summed E-state index contributed by atoms with van der Waals surface area (Å²) in [7, 11) is 3.33. The van der Waals surface area contributed by atoms with Crippen molar-refractivity contribution in [2.75, 3.05) is 89.1 Å². The molecule has 3 aromatic rings. The summed E-state index contributed by atoms with van der Waals surface area (Å²) in [6.07, 6.45) is -3.71. The molecule has 0 spiro atoms. The number of ether oxygens (including phenoxy) is 3. The number of aromatic nitrogens is 1. The molecule has 0 saturated carbocycles. The lowest BCUT2D eigenvalue weighted by Crippen LogP contribution is -2.53. The molecule has 18 heteroatoms. The van der Waals surface area contributed by atoms with Crippen LogP contribution < -0.4 is 16.0 Å². The van der Waals surface area contributed by atoms with Crippen molar-refractivity contribution in [2.45, 2.75) is 44.0 Å². The molecular formula is C39H47ClF3N7O7. The van der Waals surface area contributed by atoms with E-state index in [0.29, 0.717) is 44.7 Å². The number of alkyl halides is 3. The number of carbonyl (C=O) groups is 4. The quantitative estimate of drug-likeness (QED) is 0.0945. The predicted molar refractivity (Wildman–Crippen MR) is 207 cm³/mol. The number of pyridine rings is 1. The minimum atomic E-state index is -4.82. The third-order valence-corrected chi connectivity index (χ3v) is 10.4. The zero-order chi connectivity index (χ0) is 41.1. The van der Waals surface area contributed by atoms with Gasteiger partial charge in [0.2, 0.25) is 6.41 Å². The number of methoxy groups -OCH3 is 1. The van der Waals surface area contributed by atoms with Crippen molar-refractivity contribution in [3.63, 3.8) is 0 Å². The van der Waals surface area contributed by atoms with Gasteiger partial charge in [0.25, 0.3) is 5.91 Å². The first-order valence-corrected chi connectivity index (χ1v) is 18.9. The number of halogens is 4. The van der Waals surface area contributed by atoms with Gasteiger partial charge in [-0.25, -0.2) is 14.6 Å². The average molecular weight is 818 g/mol. The molecule has 14 nitrogen and oxygen atoms in total. The van der Waals surface area contributed by atoms with Crippen LogP contribution in [0.1, 0.15) is 39.9 Å². The van der Waals surface area contributed by atoms with Gasteiger partial charge in [-0.2, -0.15) is 13.2 Å². The standard InChI is InChI=1S/C39H47ClF3N7O7/c1-45-32-6-4-3-5-27(32)9-12-50(25-51)29-10-13-49(14-11-29)38(54)57-33(23-26-21-30(39(41,42)43)35(44)31(40)22-26)36(52)48-17-15-47(16-18-48)34-8-7-28(24-46-34)37(53)56-20-19-55-2/h3-8,21-22,24-25,29,33,45H,9-20,23,44H2,1-2H3/t33-/m1/s1. The molecule has 3 heterocycles. The van der Waals surface area contributed by atoms with Crippen molar-refractivity contribution in [3.8, 4) is 0 Å². The largest absolute Gasteiger partial charge is 0.460 e. The van der Waals surface area contributed by atoms with Gasteiger partial charge in [0.1, 0.15) is 12.4 Å². The summed E-state index contributed by atoms with van der Waals surface area (Å²) >= 11 is 6.11. The molecule has 3 amide bonds. The lowest BCUT2D eigenvalue weighted by atomic mass is 10.0. The van der Waals surface area contributed by atoms with Crippen molar-refractivity contribution in [1.82, 2.24) is 19.7 Å². The van der Waals surface area contributed by atoms with Gasteiger partial charge in [-0.1, -0.05) is 29.8 Å². The maximum atomic E-state index is 14.0. The molecule has 0 radical (unpaired) electrons. The molecule has 2 fully saturated rings. The minimum absolute atomic E-state index is 0.0107. The van der Waals surface area contributed by atoms with Gasteiger partial charge < -0.3 is 44.9 Å². The van der Waals surface area contributed by atoms with E-state index >= 15 is 0 Å². The highest BCUT2D eigenvalue weighted by molar-refractivity contribution is 6.33. The van der Waals surface area contributed by atoms with E-state index in [1.165, 1.54) is 29.2 Å². The number of hydrogen-bond donors (Lipinski definition) is 2. The number of carbonyl (C=O) groups excluding carboxylic acids is 4. The molecule has 2 aliphatic rings. The molecule has 57 heavy (non-hydrogen) atoms. The van der Waals surface area contributed by atoms with Gasteiger partial charge in [-0.05, 0) is 60.7 Å². The Hall–Kier alpha value is -5.29. The number of esters is 1. The predicted octanol–water partition coefficient (Wildman–Crippen LogP) is 4.74. The van der Waals surface area contributed by atoms with Crippen LogP contribution in [-0.4, -0.2) is 129 Å². The summed E-state index contributed by atoms with van der Waals surface area (Å²) in [4.78, 5) is 62.9. The number of nitrogens with zero attached hydrogens (tertiary/aromatic N) is 5. The van der Waals surface area contributed by atoms with Gasteiger partial charge in [0.05, 0.1) is 28.4 Å². The van der Waals surface area contributed by atoms with Crippen LogP contribution >= 0.6 is 11.6 Å². The number of hydrogen-bond acceptors (Lipinski definition) is 11. The summed E-state index contributed by atoms with van der Waals surface area (Å²) in [5.41, 5.74) is 6.17. The van der Waals surface area contributed by atoms with E-state index in [9.17, 15) is 32.3 Å². The fourth-order valence-corrected chi connectivity index (χ4v) is 7.15. The number of piperidine rings is 1. The van der Waals surface area contributed by atoms with Crippen molar-refractivity contribution in [2.24, 2.45) is 0 Å². The Morgan fingerprint density at radius 3 is 2.39 bits per heavy atom. The number of nitrogens with two attached hydrogens (primary N) is 1. The smallest absolute Gasteiger partial charge is 0.418 e. The van der Waals surface area contributed by atoms with Gasteiger partial charge in [-0.3, -0.25) is 9.59 Å². The number of nitrogen functional groups attached to an aromatic ring is 1. The third-order valence-electron chi connectivity index (χ3n) is 10.1. The zero-order valence-electron chi connectivity index (χ0n) is 31.8. The number of rotatable bonds is 15. The van der Waals surface area contributed by atoms with Crippen molar-refractivity contribution < 1.29 is 46.6 Å². The average Bonchev–Trinajstić information content (AvgIpc) is 3.21. The highest BCUT2D eigenvalue weighted by Gasteiger charge is 2.37. The van der Waals surface area contributed by atoms with Crippen molar-refractivity contribution in [3.05, 3.63) is 82.0 Å². The van der Waals surface area contributed by atoms with E-state index in [0.717, 1.165) is 23.7 Å². The number of likely N-dealkylation sites (tertiary alicyclic amines) is 1. The lowest BCUT2D eigenvalue weighted by Gasteiger charge is -2.38. The lowest BCUT2D eigenvalue weighted by molar-refractivity contribution is -0.141. The van der Waals surface area contributed by atoms with Crippen molar-refractivity contribution >= 4 is 53.2 Å². The second-order valence-corrected chi connectivity index (χ2v) is 14.1. The van der Waals surface area contributed by atoms with Crippen LogP contribution in [0, 0.1) is 0 Å². The summed E-state index contributed by atoms with van der Waals surface area (Å²) in [6.45, 7) is 2.38. The highest BCUT2D eigenvalue weighted by atomic mass is 35.5. The number of para-hydroxylation sites is 1. The minimum Gasteiger partial charge on any atom is -0.460 e. The molecule has 0 unspecified atom stereocenters. The molecule has 2 aliphatic heterocycles. The summed E-state index contributed by atoms with van der Waals surface area (Å²) in [5, 5.41) is 2.81. The monoisotopic (exact) mass is 817 g/mol. The fourth-order valence-electron chi connectivity index (χ4n) is 6.90. The first kappa shape index (κ1) is 42.8. The number of piperazine rings is 1. The number of nitrogens with one attached hydrogen (secondary N) is 1. The van der Waals surface area contributed by atoms with E-state index in [1.54, 1.807) is 17.0 Å². The molecule has 308 valence electrons. The van der Waals surface area contributed by atoms with Gasteiger partial charge >= 0.3 is 18.2 Å². The number of benzene rings is 2. The Labute approximate surface area is 333 Å². The topological polar surface area (TPSA) is 160 Å². The number of anilines is 3. The van der Waals surface area contributed by atoms with Crippen LogP contribution in [0.15, 0.2) is 54.7 Å². The van der Waals surface area contributed by atoms with Gasteiger partial charge in [-0.15, -0.1) is 0 Å². The van der Waals surface area contributed by atoms with Crippen molar-refractivity contribution in [1.29, 1.82) is 0 Å². The van der Waals surface area contributed by atoms with Crippen LogP contribution in [-0.2, 0) is 42.8 Å². The second-order valence-electron chi connectivity index (χ2n) is 13.7. The van der Waals surface area contributed by atoms with E-state index in [2.05, 4.69) is 10.3 Å². The Morgan fingerprint density at radius 2 is 1.75 bits per heavy atom. The van der Waals surface area contributed by atoms with E-state index in [1.807, 2.05) is 36.2 Å². The number of amides is 3. The molecule has 3 N–H and O–H groups in total. The van der Waals surface area contributed by atoms with Gasteiger partial charge in [0.15, 0.2) is 6.10 Å². The molecule has 1 atom stereocenters.